The number of nitrogen functional groups attached to an aromatic ring is 1. The van der Waals surface area contributed by atoms with Gasteiger partial charge in [-0.1, -0.05) is 0 Å². The summed E-state index contributed by atoms with van der Waals surface area (Å²) >= 11 is 0. The molecule has 20 heavy (non-hydrogen) atoms. The van der Waals surface area contributed by atoms with Crippen LogP contribution in [0.1, 0.15) is 20.8 Å². The van der Waals surface area contributed by atoms with E-state index in [1.807, 2.05) is 6.20 Å². The summed E-state index contributed by atoms with van der Waals surface area (Å²) in [5.41, 5.74) is 8.87. The lowest BCUT2D eigenvalue weighted by molar-refractivity contribution is 0.236. The first kappa shape index (κ1) is 12.5. The van der Waals surface area contributed by atoms with E-state index in [0.717, 1.165) is 5.70 Å². The van der Waals surface area contributed by atoms with Crippen molar-refractivity contribution in [1.29, 1.82) is 0 Å². The van der Waals surface area contributed by atoms with Crippen LogP contribution in [0.25, 0.3) is 0 Å². The Balaban J connectivity index is 1.89. The summed E-state index contributed by atoms with van der Waals surface area (Å²) in [4.78, 5) is 10.2. The molecular formula is C14H18N6. The average molecular weight is 270 g/mol. The highest BCUT2D eigenvalue weighted by molar-refractivity contribution is 5.53. The lowest BCUT2D eigenvalue weighted by Gasteiger charge is -2.35. The lowest BCUT2D eigenvalue weighted by Crippen LogP contribution is -2.44. The molecule has 6 heteroatoms. The van der Waals surface area contributed by atoms with Gasteiger partial charge in [0.1, 0.15) is 23.6 Å². The Labute approximate surface area is 118 Å². The molecule has 0 saturated heterocycles. The van der Waals surface area contributed by atoms with Gasteiger partial charge in [0, 0.05) is 18.5 Å². The topological polar surface area (TPSA) is 79.1 Å². The van der Waals surface area contributed by atoms with Crippen molar-refractivity contribution < 1.29 is 0 Å². The predicted molar refractivity (Wildman–Crippen MR) is 79.0 cm³/mol. The molecule has 0 spiro atoms. The molecule has 1 aromatic rings. The van der Waals surface area contributed by atoms with Crippen LogP contribution in [0.3, 0.4) is 0 Å². The number of fused-ring (bicyclic) bond motifs is 1. The van der Waals surface area contributed by atoms with E-state index in [0.29, 0.717) is 11.6 Å². The van der Waals surface area contributed by atoms with Crippen LogP contribution < -0.4 is 16.4 Å². The van der Waals surface area contributed by atoms with Crippen molar-refractivity contribution >= 4 is 11.6 Å². The fourth-order valence-electron chi connectivity index (χ4n) is 2.36. The van der Waals surface area contributed by atoms with Gasteiger partial charge in [0.05, 0.1) is 11.4 Å². The summed E-state index contributed by atoms with van der Waals surface area (Å²) in [6, 6.07) is 1.71. The molecule has 0 unspecified atom stereocenters. The molecule has 0 radical (unpaired) electrons. The summed E-state index contributed by atoms with van der Waals surface area (Å²) in [6.45, 7) is 6.35. The molecule has 0 amide bonds. The zero-order chi connectivity index (χ0) is 14.3. The zero-order valence-electron chi connectivity index (χ0n) is 11.8. The molecule has 0 fully saturated rings. The van der Waals surface area contributed by atoms with Gasteiger partial charge in [0.25, 0.3) is 0 Å². The largest absolute Gasteiger partial charge is 0.384 e. The number of hydrogen-bond donors (Lipinski definition) is 3. The second kappa shape index (κ2) is 4.26. The molecular weight excluding hydrogens is 252 g/mol. The number of anilines is 2. The monoisotopic (exact) mass is 270 g/mol. The maximum atomic E-state index is 5.66. The number of allylic oxidation sites excluding steroid dienone is 2. The minimum atomic E-state index is -0.136. The van der Waals surface area contributed by atoms with Crippen LogP contribution in [0.2, 0.25) is 0 Å². The molecule has 0 aromatic carbocycles. The van der Waals surface area contributed by atoms with E-state index >= 15 is 0 Å². The standard InChI is InChI=1S/C14H18N6/c1-9-4-10(19-13-5-12(15)16-8-17-13)7-20-11(9)6-18-14(20,2)3/h4-8,18H,1-3H3,(H3,15,16,17,19). The van der Waals surface area contributed by atoms with Crippen LogP contribution in [0.5, 0.6) is 0 Å². The second-order valence-corrected chi connectivity index (χ2v) is 5.47. The van der Waals surface area contributed by atoms with Crippen molar-refractivity contribution in [3.8, 4) is 0 Å². The maximum Gasteiger partial charge on any atom is 0.135 e. The Kier molecular flexibility index (Phi) is 2.67. The van der Waals surface area contributed by atoms with Crippen LogP contribution in [0.15, 0.2) is 47.8 Å². The summed E-state index contributed by atoms with van der Waals surface area (Å²) in [6.07, 6.45) is 7.65. The van der Waals surface area contributed by atoms with Crippen LogP contribution in [-0.4, -0.2) is 20.5 Å². The highest BCUT2D eigenvalue weighted by Crippen LogP contribution is 2.33. The number of nitrogens with zero attached hydrogens (tertiary/aromatic N) is 3. The fourth-order valence-corrected chi connectivity index (χ4v) is 2.36. The molecule has 2 aliphatic rings. The van der Waals surface area contributed by atoms with Gasteiger partial charge >= 0.3 is 0 Å². The van der Waals surface area contributed by atoms with E-state index < -0.39 is 0 Å². The van der Waals surface area contributed by atoms with Crippen LogP contribution in [0.4, 0.5) is 11.6 Å². The van der Waals surface area contributed by atoms with Gasteiger partial charge < -0.3 is 21.3 Å². The van der Waals surface area contributed by atoms with E-state index in [-0.39, 0.29) is 5.66 Å². The normalized spacial score (nSPS) is 19.6. The van der Waals surface area contributed by atoms with Gasteiger partial charge in [-0.15, -0.1) is 0 Å². The third kappa shape index (κ3) is 2.09. The quantitative estimate of drug-likeness (QED) is 0.760. The molecule has 0 aliphatic carbocycles. The highest BCUT2D eigenvalue weighted by atomic mass is 15.4. The van der Waals surface area contributed by atoms with Gasteiger partial charge in [-0.3, -0.25) is 0 Å². The first-order valence-corrected chi connectivity index (χ1v) is 6.48. The Bertz CT molecular complexity index is 641. The van der Waals surface area contributed by atoms with Gasteiger partial charge in [-0.2, -0.15) is 0 Å². The van der Waals surface area contributed by atoms with E-state index in [4.69, 9.17) is 5.73 Å². The Morgan fingerprint density at radius 1 is 1.35 bits per heavy atom. The summed E-state index contributed by atoms with van der Waals surface area (Å²) < 4.78 is 0. The highest BCUT2D eigenvalue weighted by Gasteiger charge is 2.33. The smallest absolute Gasteiger partial charge is 0.135 e. The van der Waals surface area contributed by atoms with Crippen molar-refractivity contribution in [3.63, 3.8) is 0 Å². The Morgan fingerprint density at radius 3 is 2.90 bits per heavy atom. The number of aromatic nitrogens is 2. The molecule has 0 bridgehead atoms. The van der Waals surface area contributed by atoms with E-state index in [1.165, 1.54) is 17.6 Å². The van der Waals surface area contributed by atoms with E-state index in [9.17, 15) is 0 Å². The summed E-state index contributed by atoms with van der Waals surface area (Å²) in [5.74, 6) is 1.13. The van der Waals surface area contributed by atoms with Crippen LogP contribution in [-0.2, 0) is 0 Å². The Morgan fingerprint density at radius 2 is 2.15 bits per heavy atom. The van der Waals surface area contributed by atoms with Gasteiger partial charge in [0.2, 0.25) is 0 Å². The molecule has 1 aromatic heterocycles. The third-order valence-electron chi connectivity index (χ3n) is 3.43. The lowest BCUT2D eigenvalue weighted by atomic mass is 10.1. The van der Waals surface area contributed by atoms with Gasteiger partial charge in [-0.25, -0.2) is 9.97 Å². The first-order valence-electron chi connectivity index (χ1n) is 6.48. The first-order chi connectivity index (χ1) is 9.45. The molecule has 3 heterocycles. The van der Waals surface area contributed by atoms with E-state index in [2.05, 4.69) is 58.5 Å². The molecule has 3 rings (SSSR count). The summed E-state index contributed by atoms with van der Waals surface area (Å²) in [5, 5.41) is 6.63. The maximum absolute atomic E-state index is 5.66. The van der Waals surface area contributed by atoms with Crippen molar-refractivity contribution in [3.05, 3.63) is 47.8 Å². The second-order valence-electron chi connectivity index (χ2n) is 5.47. The molecule has 6 nitrogen and oxygen atoms in total. The summed E-state index contributed by atoms with van der Waals surface area (Å²) in [7, 11) is 0. The molecule has 0 atom stereocenters. The minimum Gasteiger partial charge on any atom is -0.384 e. The number of nitrogens with two attached hydrogens (primary N) is 1. The molecule has 0 saturated carbocycles. The molecule has 104 valence electrons. The van der Waals surface area contributed by atoms with Crippen molar-refractivity contribution in [2.75, 3.05) is 11.1 Å². The molecule has 2 aliphatic heterocycles. The fraction of sp³-hybridized carbons (Fsp3) is 0.286. The van der Waals surface area contributed by atoms with Crippen molar-refractivity contribution in [1.82, 2.24) is 20.2 Å². The van der Waals surface area contributed by atoms with Crippen LogP contribution in [0, 0.1) is 0 Å². The Hall–Kier alpha value is -2.50. The molecule has 4 N–H and O–H groups in total. The SMILES string of the molecule is CC1=CC(Nc2cc(N)ncn2)=CN2C1=CNC2(C)C. The van der Waals surface area contributed by atoms with Gasteiger partial charge in [-0.05, 0) is 32.4 Å². The van der Waals surface area contributed by atoms with Crippen molar-refractivity contribution in [2.45, 2.75) is 26.4 Å². The number of rotatable bonds is 2. The zero-order valence-corrected chi connectivity index (χ0v) is 11.8. The average Bonchev–Trinajstić information content (AvgIpc) is 2.66. The van der Waals surface area contributed by atoms with Gasteiger partial charge in [0.15, 0.2) is 0 Å². The van der Waals surface area contributed by atoms with Crippen molar-refractivity contribution in [2.24, 2.45) is 0 Å². The number of hydrogen-bond acceptors (Lipinski definition) is 6. The third-order valence-corrected chi connectivity index (χ3v) is 3.43. The number of nitrogens with one attached hydrogen (secondary N) is 2. The minimum absolute atomic E-state index is 0.136. The van der Waals surface area contributed by atoms with E-state index in [1.54, 1.807) is 6.07 Å². The van der Waals surface area contributed by atoms with Crippen LogP contribution >= 0.6 is 0 Å². The predicted octanol–water partition coefficient (Wildman–Crippen LogP) is 1.75.